The van der Waals surface area contributed by atoms with Crippen LogP contribution in [0.15, 0.2) is 146 Å². The van der Waals surface area contributed by atoms with E-state index in [1.807, 2.05) is 48.5 Å². The molecule has 7 aromatic rings. The first kappa shape index (κ1) is 23.4. The van der Waals surface area contributed by atoms with Gasteiger partial charge in [0.1, 0.15) is 11.5 Å². The molecule has 3 nitrogen and oxygen atoms in total. The molecule has 0 saturated heterocycles. The van der Waals surface area contributed by atoms with E-state index in [9.17, 15) is 0 Å². The lowest BCUT2D eigenvalue weighted by Gasteiger charge is -2.22. The van der Waals surface area contributed by atoms with E-state index in [4.69, 9.17) is 14.7 Å². The molecule has 0 amide bonds. The van der Waals surface area contributed by atoms with Crippen LogP contribution in [0, 0.1) is 0 Å². The number of rotatable bonds is 4. The second-order valence-electron chi connectivity index (χ2n) is 10.2. The molecule has 1 aliphatic rings. The summed E-state index contributed by atoms with van der Waals surface area (Å²) in [5.41, 5.74) is 9.48. The SMILES string of the molecule is c1ccc(-c2cc(-c3ccccc3)nc(-c3cccc(-c4ccc5c6c(cccc46)-c4ccccc4O5)c3)n2)cc1. The van der Waals surface area contributed by atoms with Crippen molar-refractivity contribution in [1.82, 2.24) is 9.97 Å². The lowest BCUT2D eigenvalue weighted by atomic mass is 9.90. The maximum atomic E-state index is 6.32. The molecular formula is C38H24N2O. The summed E-state index contributed by atoms with van der Waals surface area (Å²) in [4.78, 5) is 10.1. The van der Waals surface area contributed by atoms with Gasteiger partial charge in [-0.1, -0.05) is 121 Å². The number of benzene rings is 6. The molecule has 3 heteroatoms. The van der Waals surface area contributed by atoms with Gasteiger partial charge in [-0.15, -0.1) is 0 Å². The number of fused-ring (bicyclic) bond motifs is 2. The van der Waals surface area contributed by atoms with Crippen molar-refractivity contribution < 1.29 is 4.74 Å². The Kier molecular flexibility index (Phi) is 5.46. The maximum absolute atomic E-state index is 6.32. The summed E-state index contributed by atoms with van der Waals surface area (Å²) >= 11 is 0. The Hall–Kier alpha value is -5.54. The van der Waals surface area contributed by atoms with Crippen molar-refractivity contribution in [3.8, 4) is 67.7 Å². The summed E-state index contributed by atoms with van der Waals surface area (Å²) in [7, 11) is 0. The Morgan fingerprint density at radius 1 is 0.390 bits per heavy atom. The summed E-state index contributed by atoms with van der Waals surface area (Å²) in [5, 5.41) is 2.30. The van der Waals surface area contributed by atoms with E-state index in [1.165, 1.54) is 5.56 Å². The van der Waals surface area contributed by atoms with E-state index >= 15 is 0 Å². The molecule has 0 atom stereocenters. The Morgan fingerprint density at radius 2 is 1.00 bits per heavy atom. The molecule has 41 heavy (non-hydrogen) atoms. The fourth-order valence-electron chi connectivity index (χ4n) is 5.75. The summed E-state index contributed by atoms with van der Waals surface area (Å²) in [6.07, 6.45) is 0. The van der Waals surface area contributed by atoms with Crippen LogP contribution in [0.4, 0.5) is 0 Å². The van der Waals surface area contributed by atoms with Gasteiger partial charge in [-0.2, -0.15) is 0 Å². The van der Waals surface area contributed by atoms with Crippen molar-refractivity contribution in [1.29, 1.82) is 0 Å². The van der Waals surface area contributed by atoms with Crippen LogP contribution in [0.1, 0.15) is 0 Å². The molecule has 1 aliphatic heterocycles. The van der Waals surface area contributed by atoms with Gasteiger partial charge >= 0.3 is 0 Å². The third-order valence-corrected chi connectivity index (χ3v) is 7.70. The van der Waals surface area contributed by atoms with Gasteiger partial charge in [-0.25, -0.2) is 9.97 Å². The Bertz CT molecular complexity index is 2010. The number of ether oxygens (including phenoxy) is 1. The van der Waals surface area contributed by atoms with Gasteiger partial charge in [0.05, 0.1) is 11.4 Å². The molecule has 6 aromatic carbocycles. The van der Waals surface area contributed by atoms with Gasteiger partial charge in [-0.05, 0) is 46.3 Å². The van der Waals surface area contributed by atoms with E-state index < -0.39 is 0 Å². The van der Waals surface area contributed by atoms with Crippen LogP contribution < -0.4 is 4.74 Å². The molecule has 2 heterocycles. The topological polar surface area (TPSA) is 35.0 Å². The quantitative estimate of drug-likeness (QED) is 0.230. The summed E-state index contributed by atoms with van der Waals surface area (Å²) in [6, 6.07) is 50.2. The number of hydrogen-bond donors (Lipinski definition) is 0. The average Bonchev–Trinajstić information content (AvgIpc) is 3.06. The largest absolute Gasteiger partial charge is 0.456 e. The Morgan fingerprint density at radius 3 is 1.76 bits per heavy atom. The molecule has 0 aliphatic carbocycles. The zero-order valence-corrected chi connectivity index (χ0v) is 22.2. The molecule has 0 N–H and O–H groups in total. The van der Waals surface area contributed by atoms with Crippen LogP contribution in [-0.4, -0.2) is 9.97 Å². The van der Waals surface area contributed by atoms with E-state index in [0.717, 1.165) is 67.0 Å². The first-order valence-electron chi connectivity index (χ1n) is 13.8. The van der Waals surface area contributed by atoms with Gasteiger partial charge < -0.3 is 4.74 Å². The first-order chi connectivity index (χ1) is 20.3. The summed E-state index contributed by atoms with van der Waals surface area (Å²) in [6.45, 7) is 0. The van der Waals surface area contributed by atoms with Crippen molar-refractivity contribution in [3.63, 3.8) is 0 Å². The van der Waals surface area contributed by atoms with Crippen molar-refractivity contribution in [3.05, 3.63) is 146 Å². The lowest BCUT2D eigenvalue weighted by Crippen LogP contribution is -1.98. The van der Waals surface area contributed by atoms with Crippen molar-refractivity contribution in [2.45, 2.75) is 0 Å². The zero-order valence-electron chi connectivity index (χ0n) is 22.2. The summed E-state index contributed by atoms with van der Waals surface area (Å²) < 4.78 is 6.32. The molecule has 0 bridgehead atoms. The third kappa shape index (κ3) is 4.07. The molecule has 192 valence electrons. The second-order valence-corrected chi connectivity index (χ2v) is 10.2. The summed E-state index contributed by atoms with van der Waals surface area (Å²) in [5.74, 6) is 2.49. The molecule has 0 fully saturated rings. The monoisotopic (exact) mass is 524 g/mol. The van der Waals surface area contributed by atoms with Crippen molar-refractivity contribution in [2.24, 2.45) is 0 Å². The smallest absolute Gasteiger partial charge is 0.160 e. The van der Waals surface area contributed by atoms with E-state index in [2.05, 4.69) is 97.1 Å². The molecule has 0 unspecified atom stereocenters. The fraction of sp³-hybridized carbons (Fsp3) is 0. The third-order valence-electron chi connectivity index (χ3n) is 7.70. The predicted octanol–water partition coefficient (Wildman–Crippen LogP) is 10.1. The van der Waals surface area contributed by atoms with Gasteiger partial charge in [0.15, 0.2) is 5.82 Å². The minimum atomic E-state index is 0.701. The number of nitrogens with zero attached hydrogens (tertiary/aromatic N) is 2. The highest BCUT2D eigenvalue weighted by molar-refractivity contribution is 6.10. The molecule has 1 aromatic heterocycles. The van der Waals surface area contributed by atoms with Crippen LogP contribution in [0.25, 0.3) is 66.9 Å². The lowest BCUT2D eigenvalue weighted by molar-refractivity contribution is 0.487. The molecule has 8 rings (SSSR count). The average molecular weight is 525 g/mol. The van der Waals surface area contributed by atoms with Crippen LogP contribution >= 0.6 is 0 Å². The first-order valence-corrected chi connectivity index (χ1v) is 13.8. The fourth-order valence-corrected chi connectivity index (χ4v) is 5.75. The highest BCUT2D eigenvalue weighted by Gasteiger charge is 2.21. The highest BCUT2D eigenvalue weighted by Crippen LogP contribution is 2.48. The van der Waals surface area contributed by atoms with Gasteiger partial charge in [-0.3, -0.25) is 0 Å². The maximum Gasteiger partial charge on any atom is 0.160 e. The molecule has 0 radical (unpaired) electrons. The Labute approximate surface area is 238 Å². The molecule has 0 saturated carbocycles. The van der Waals surface area contributed by atoms with Crippen LogP contribution in [-0.2, 0) is 0 Å². The van der Waals surface area contributed by atoms with E-state index in [1.54, 1.807) is 0 Å². The van der Waals surface area contributed by atoms with Gasteiger partial charge in [0, 0.05) is 27.6 Å². The van der Waals surface area contributed by atoms with Crippen molar-refractivity contribution >= 4 is 10.8 Å². The van der Waals surface area contributed by atoms with Crippen molar-refractivity contribution in [2.75, 3.05) is 0 Å². The number of para-hydroxylation sites is 1. The number of aromatic nitrogens is 2. The van der Waals surface area contributed by atoms with Gasteiger partial charge in [0.25, 0.3) is 0 Å². The van der Waals surface area contributed by atoms with Crippen LogP contribution in [0.3, 0.4) is 0 Å². The van der Waals surface area contributed by atoms with E-state index in [0.29, 0.717) is 5.82 Å². The molecular weight excluding hydrogens is 500 g/mol. The number of hydrogen-bond acceptors (Lipinski definition) is 3. The Balaban J connectivity index is 1.29. The van der Waals surface area contributed by atoms with Crippen LogP contribution in [0.5, 0.6) is 11.5 Å². The highest BCUT2D eigenvalue weighted by atomic mass is 16.5. The minimum absolute atomic E-state index is 0.701. The van der Waals surface area contributed by atoms with E-state index in [-0.39, 0.29) is 0 Å². The minimum Gasteiger partial charge on any atom is -0.456 e. The molecule has 0 spiro atoms. The van der Waals surface area contributed by atoms with Gasteiger partial charge in [0.2, 0.25) is 0 Å². The standard InChI is InChI=1S/C38H24N2O/c1-3-11-25(12-4-1)33-24-34(26-13-5-2-6-14-26)40-38(39-33)28-16-9-15-27(23-28)29-21-22-36-37-31(29)18-10-19-32(37)30-17-7-8-20-35(30)41-36/h1-24H. The normalized spacial score (nSPS) is 11.6. The van der Waals surface area contributed by atoms with Crippen LogP contribution in [0.2, 0.25) is 0 Å². The second kappa shape index (κ2) is 9.58. The zero-order chi connectivity index (χ0) is 27.2. The predicted molar refractivity (Wildman–Crippen MR) is 167 cm³/mol.